The third kappa shape index (κ3) is 7.21. The van der Waals surface area contributed by atoms with Crippen LogP contribution in [0.15, 0.2) is 29.4 Å². The number of halogens is 2. The average molecular weight is 506 g/mol. The molecule has 3 N–H and O–H groups in total. The van der Waals surface area contributed by atoms with Crippen molar-refractivity contribution in [1.82, 2.24) is 20.5 Å². The number of H-pyrrole nitrogens is 1. The zero-order chi connectivity index (χ0) is 19.3. The number of hydrogen-bond donors (Lipinski definition) is 3. The first-order valence-electron chi connectivity index (χ1n) is 8.68. The van der Waals surface area contributed by atoms with Crippen LogP contribution in [0, 0.1) is 0 Å². The summed E-state index contributed by atoms with van der Waals surface area (Å²) in [5.74, 6) is 0.654. The first-order valence-corrected chi connectivity index (χ1v) is 9.05. The molecule has 1 aromatic heterocycles. The lowest BCUT2D eigenvalue weighted by molar-refractivity contribution is -0.122. The zero-order valence-corrected chi connectivity index (χ0v) is 19.6. The number of benzene rings is 1. The number of aliphatic imine (C=N–C) groups is 1. The fourth-order valence-electron chi connectivity index (χ4n) is 2.80. The molecule has 0 aliphatic carbocycles. The molecule has 0 aliphatic heterocycles. The van der Waals surface area contributed by atoms with Gasteiger partial charge in [0, 0.05) is 48.3 Å². The van der Waals surface area contributed by atoms with E-state index in [1.54, 1.807) is 7.05 Å². The molecule has 0 bridgehead atoms. The Morgan fingerprint density at radius 3 is 2.67 bits per heavy atom. The van der Waals surface area contributed by atoms with E-state index in [4.69, 9.17) is 11.6 Å². The second kappa shape index (κ2) is 10.2. The van der Waals surface area contributed by atoms with Crippen LogP contribution in [0.4, 0.5) is 0 Å². The van der Waals surface area contributed by atoms with Crippen LogP contribution in [0.3, 0.4) is 0 Å². The van der Waals surface area contributed by atoms with Gasteiger partial charge in [0.05, 0.1) is 6.54 Å². The van der Waals surface area contributed by atoms with Gasteiger partial charge in [0.1, 0.15) is 0 Å². The number of carbonyl (C=O) groups is 1. The number of amides is 1. The SMILES string of the molecule is CN=C(NCCc1c[nH]c2ccc(Cl)cc12)N(C)CC(=O)NC(C)(C)C.I. The maximum Gasteiger partial charge on any atom is 0.240 e. The molecule has 2 rings (SSSR count). The van der Waals surface area contributed by atoms with E-state index in [-0.39, 0.29) is 42.0 Å². The number of nitrogens with one attached hydrogen (secondary N) is 3. The van der Waals surface area contributed by atoms with Crippen molar-refractivity contribution in [3.05, 3.63) is 35.0 Å². The van der Waals surface area contributed by atoms with Gasteiger partial charge in [-0.1, -0.05) is 11.6 Å². The van der Waals surface area contributed by atoms with E-state index in [0.717, 1.165) is 22.3 Å². The minimum absolute atomic E-state index is 0. The lowest BCUT2D eigenvalue weighted by Crippen LogP contribution is -2.49. The summed E-state index contributed by atoms with van der Waals surface area (Å²) < 4.78 is 0. The van der Waals surface area contributed by atoms with Crippen LogP contribution in [0.25, 0.3) is 10.9 Å². The molecule has 0 aliphatic rings. The number of likely N-dealkylation sites (N-methyl/N-ethyl adjacent to an activating group) is 1. The fourth-order valence-corrected chi connectivity index (χ4v) is 2.97. The third-order valence-corrected chi connectivity index (χ3v) is 4.11. The monoisotopic (exact) mass is 505 g/mol. The van der Waals surface area contributed by atoms with Gasteiger partial charge in [-0.05, 0) is 51.0 Å². The summed E-state index contributed by atoms with van der Waals surface area (Å²) in [6.45, 7) is 6.85. The normalized spacial score (nSPS) is 11.9. The molecule has 0 saturated carbocycles. The predicted molar refractivity (Wildman–Crippen MR) is 124 cm³/mol. The summed E-state index contributed by atoms with van der Waals surface area (Å²) in [5.41, 5.74) is 2.02. The second-order valence-electron chi connectivity index (χ2n) is 7.38. The van der Waals surface area contributed by atoms with Crippen molar-refractivity contribution in [1.29, 1.82) is 0 Å². The molecule has 0 saturated heterocycles. The van der Waals surface area contributed by atoms with E-state index in [1.807, 2.05) is 57.1 Å². The smallest absolute Gasteiger partial charge is 0.240 e. The van der Waals surface area contributed by atoms with Crippen molar-refractivity contribution in [2.75, 3.05) is 27.2 Å². The second-order valence-corrected chi connectivity index (χ2v) is 7.82. The van der Waals surface area contributed by atoms with Crippen LogP contribution < -0.4 is 10.6 Å². The van der Waals surface area contributed by atoms with Gasteiger partial charge in [0.2, 0.25) is 5.91 Å². The predicted octanol–water partition coefficient (Wildman–Crippen LogP) is 3.40. The molecule has 0 radical (unpaired) electrons. The highest BCUT2D eigenvalue weighted by atomic mass is 127. The van der Waals surface area contributed by atoms with Gasteiger partial charge in [-0.3, -0.25) is 9.79 Å². The molecule has 2 aromatic rings. The summed E-state index contributed by atoms with van der Waals surface area (Å²) in [5, 5.41) is 8.12. The Labute approximate surface area is 183 Å². The Morgan fingerprint density at radius 2 is 2.04 bits per heavy atom. The van der Waals surface area contributed by atoms with Gasteiger partial charge in [0.25, 0.3) is 0 Å². The fraction of sp³-hybridized carbons (Fsp3) is 0.474. The summed E-state index contributed by atoms with van der Waals surface area (Å²) in [4.78, 5) is 21.4. The first kappa shape index (κ1) is 23.6. The molecule has 0 spiro atoms. The summed E-state index contributed by atoms with van der Waals surface area (Å²) in [6.07, 6.45) is 2.83. The summed E-state index contributed by atoms with van der Waals surface area (Å²) >= 11 is 6.10. The number of fused-ring (bicyclic) bond motifs is 1. The van der Waals surface area contributed by atoms with Gasteiger partial charge >= 0.3 is 0 Å². The highest BCUT2D eigenvalue weighted by Gasteiger charge is 2.16. The Bertz CT molecular complexity index is 797. The van der Waals surface area contributed by atoms with Crippen LogP contribution in [0.5, 0.6) is 0 Å². The molecular weight excluding hydrogens is 477 g/mol. The molecule has 150 valence electrons. The minimum Gasteiger partial charge on any atom is -0.361 e. The largest absolute Gasteiger partial charge is 0.361 e. The minimum atomic E-state index is -0.245. The maximum absolute atomic E-state index is 12.1. The van der Waals surface area contributed by atoms with Gasteiger partial charge in [-0.15, -0.1) is 24.0 Å². The van der Waals surface area contributed by atoms with Crippen LogP contribution in [0.2, 0.25) is 5.02 Å². The molecule has 1 amide bonds. The number of guanidine groups is 1. The van der Waals surface area contributed by atoms with E-state index in [1.165, 1.54) is 5.56 Å². The lowest BCUT2D eigenvalue weighted by Gasteiger charge is -2.25. The Balaban J connectivity index is 0.00000364. The standard InChI is InChI=1S/C19H28ClN5O.HI/c1-19(2,3)24-17(26)12-25(5)18(21-4)22-9-8-13-11-23-16-7-6-14(20)10-15(13)16;/h6-7,10-11,23H,8-9,12H2,1-5H3,(H,21,22)(H,24,26);1H. The molecule has 6 nitrogen and oxygen atoms in total. The van der Waals surface area contributed by atoms with Crippen molar-refractivity contribution in [3.8, 4) is 0 Å². The van der Waals surface area contributed by atoms with Crippen molar-refractivity contribution in [2.45, 2.75) is 32.7 Å². The summed E-state index contributed by atoms with van der Waals surface area (Å²) in [6, 6.07) is 5.83. The van der Waals surface area contributed by atoms with Crippen LogP contribution in [0.1, 0.15) is 26.3 Å². The number of aromatic amines is 1. The van der Waals surface area contributed by atoms with Crippen molar-refractivity contribution >= 4 is 58.3 Å². The van der Waals surface area contributed by atoms with Crippen molar-refractivity contribution in [3.63, 3.8) is 0 Å². The Hall–Kier alpha value is -1.48. The van der Waals surface area contributed by atoms with E-state index < -0.39 is 0 Å². The van der Waals surface area contributed by atoms with Gasteiger partial charge in [-0.25, -0.2) is 0 Å². The number of hydrogen-bond acceptors (Lipinski definition) is 2. The molecule has 0 unspecified atom stereocenters. The van der Waals surface area contributed by atoms with E-state index in [2.05, 4.69) is 20.6 Å². The molecular formula is C19H29ClIN5O. The quantitative estimate of drug-likeness (QED) is 0.331. The Morgan fingerprint density at radius 1 is 1.33 bits per heavy atom. The third-order valence-electron chi connectivity index (χ3n) is 3.88. The number of aromatic nitrogens is 1. The van der Waals surface area contributed by atoms with Crippen molar-refractivity contribution in [2.24, 2.45) is 4.99 Å². The van der Waals surface area contributed by atoms with Crippen LogP contribution >= 0.6 is 35.6 Å². The van der Waals surface area contributed by atoms with Gasteiger partial charge in [0.15, 0.2) is 5.96 Å². The highest BCUT2D eigenvalue weighted by molar-refractivity contribution is 14.0. The molecule has 1 aromatic carbocycles. The maximum atomic E-state index is 12.1. The molecule has 1 heterocycles. The van der Waals surface area contributed by atoms with E-state index >= 15 is 0 Å². The number of carbonyl (C=O) groups excluding carboxylic acids is 1. The van der Waals surface area contributed by atoms with E-state index in [0.29, 0.717) is 12.5 Å². The van der Waals surface area contributed by atoms with Gasteiger partial charge < -0.3 is 20.5 Å². The van der Waals surface area contributed by atoms with Gasteiger partial charge in [-0.2, -0.15) is 0 Å². The molecule has 0 atom stereocenters. The van der Waals surface area contributed by atoms with Crippen LogP contribution in [-0.4, -0.2) is 54.5 Å². The van der Waals surface area contributed by atoms with E-state index in [9.17, 15) is 4.79 Å². The Kier molecular flexibility index (Phi) is 8.87. The average Bonchev–Trinajstić information content (AvgIpc) is 2.91. The van der Waals surface area contributed by atoms with Crippen molar-refractivity contribution < 1.29 is 4.79 Å². The molecule has 0 fully saturated rings. The number of rotatable bonds is 5. The molecule has 8 heteroatoms. The van der Waals surface area contributed by atoms with Crippen LogP contribution in [-0.2, 0) is 11.2 Å². The zero-order valence-electron chi connectivity index (χ0n) is 16.5. The molecule has 27 heavy (non-hydrogen) atoms. The first-order chi connectivity index (χ1) is 12.2. The number of nitrogens with zero attached hydrogens (tertiary/aromatic N) is 2. The summed E-state index contributed by atoms with van der Waals surface area (Å²) in [7, 11) is 3.56. The lowest BCUT2D eigenvalue weighted by atomic mass is 10.1. The topological polar surface area (TPSA) is 72.5 Å². The highest BCUT2D eigenvalue weighted by Crippen LogP contribution is 2.22.